The van der Waals surface area contributed by atoms with Crippen LogP contribution in [0.25, 0.3) is 11.0 Å². The summed E-state index contributed by atoms with van der Waals surface area (Å²) in [4.78, 5) is 36.0. The molecule has 0 unspecified atom stereocenters. The number of aromatic nitrogens is 2. The van der Waals surface area contributed by atoms with Crippen molar-refractivity contribution in [2.24, 2.45) is 0 Å². The van der Waals surface area contributed by atoms with Crippen LogP contribution in [0.2, 0.25) is 0 Å². The maximum atomic E-state index is 13.5. The number of amides is 1. The first-order valence-corrected chi connectivity index (χ1v) is 10.4. The van der Waals surface area contributed by atoms with Crippen LogP contribution < -0.4 is 5.32 Å². The lowest BCUT2D eigenvalue weighted by Crippen LogP contribution is -2.42. The van der Waals surface area contributed by atoms with Crippen molar-refractivity contribution >= 4 is 34.1 Å². The quantitative estimate of drug-likeness (QED) is 0.628. The number of carbonyl (C=O) groups excluding carboxylic acids is 2. The highest BCUT2D eigenvalue weighted by Gasteiger charge is 2.27. The van der Waals surface area contributed by atoms with Gasteiger partial charge >= 0.3 is 0 Å². The van der Waals surface area contributed by atoms with Crippen LogP contribution in [0.3, 0.4) is 0 Å². The van der Waals surface area contributed by atoms with Crippen LogP contribution in [-0.2, 0) is 0 Å². The number of aryl methyl sites for hydroxylation is 1. The lowest BCUT2D eigenvalue weighted by Gasteiger charge is -2.34. The van der Waals surface area contributed by atoms with Gasteiger partial charge in [0.25, 0.3) is 5.91 Å². The molecule has 1 N–H and O–H groups in total. The van der Waals surface area contributed by atoms with Crippen molar-refractivity contribution in [3.8, 4) is 0 Å². The first-order valence-electron chi connectivity index (χ1n) is 10.4. The molecule has 1 aliphatic rings. The Kier molecular flexibility index (Phi) is 5.48. The summed E-state index contributed by atoms with van der Waals surface area (Å²) in [5.74, 6) is 0.00516. The summed E-state index contributed by atoms with van der Waals surface area (Å²) in [6, 6.07) is 11.3. The molecule has 6 heteroatoms. The SMILES string of the molecule is CC(=O)c1ccc(Nc2c(C(=O)N3CCCC[C@@H]3C)cnc3nc(C)ccc23)cc1. The molecule has 3 heterocycles. The Morgan fingerprint density at radius 1 is 1.10 bits per heavy atom. The molecule has 1 saturated heterocycles. The molecule has 1 atom stereocenters. The Balaban J connectivity index is 1.79. The molecule has 0 bridgehead atoms. The largest absolute Gasteiger partial charge is 0.354 e. The zero-order chi connectivity index (χ0) is 21.3. The van der Waals surface area contributed by atoms with E-state index >= 15 is 0 Å². The predicted molar refractivity (Wildman–Crippen MR) is 118 cm³/mol. The molecular formula is C24H26N4O2. The van der Waals surface area contributed by atoms with E-state index in [1.807, 2.05) is 36.1 Å². The molecule has 154 valence electrons. The Morgan fingerprint density at radius 3 is 2.57 bits per heavy atom. The number of carbonyl (C=O) groups is 2. The number of pyridine rings is 2. The number of anilines is 2. The highest BCUT2D eigenvalue weighted by atomic mass is 16.2. The summed E-state index contributed by atoms with van der Waals surface area (Å²) in [5.41, 5.74) is 4.16. The topological polar surface area (TPSA) is 75.2 Å². The van der Waals surface area contributed by atoms with Crippen molar-refractivity contribution in [3.63, 3.8) is 0 Å². The van der Waals surface area contributed by atoms with Gasteiger partial charge in [-0.1, -0.05) is 0 Å². The number of benzene rings is 1. The van der Waals surface area contributed by atoms with E-state index < -0.39 is 0 Å². The number of nitrogens with zero attached hydrogens (tertiary/aromatic N) is 3. The van der Waals surface area contributed by atoms with Crippen molar-refractivity contribution in [3.05, 3.63) is 59.4 Å². The van der Waals surface area contributed by atoms with Gasteiger partial charge in [0.2, 0.25) is 0 Å². The zero-order valence-electron chi connectivity index (χ0n) is 17.6. The second-order valence-corrected chi connectivity index (χ2v) is 7.97. The van der Waals surface area contributed by atoms with Crippen LogP contribution in [0, 0.1) is 6.92 Å². The van der Waals surface area contributed by atoms with Gasteiger partial charge in [-0.05, 0) is 76.4 Å². The minimum Gasteiger partial charge on any atom is -0.354 e. The van der Waals surface area contributed by atoms with Gasteiger partial charge in [-0.15, -0.1) is 0 Å². The highest BCUT2D eigenvalue weighted by molar-refractivity contribution is 6.07. The molecule has 6 nitrogen and oxygen atoms in total. The molecule has 0 saturated carbocycles. The van der Waals surface area contributed by atoms with Gasteiger partial charge in [-0.3, -0.25) is 9.59 Å². The summed E-state index contributed by atoms with van der Waals surface area (Å²) in [6.07, 6.45) is 4.82. The minimum absolute atomic E-state index is 0.0139. The van der Waals surface area contributed by atoms with Crippen LogP contribution in [0.1, 0.15) is 59.5 Å². The minimum atomic E-state index is -0.0139. The van der Waals surface area contributed by atoms with Gasteiger partial charge < -0.3 is 10.2 Å². The standard InChI is InChI=1S/C24H26N4O2/c1-15-7-12-20-22(27-19-10-8-18(9-11-19)17(3)29)21(14-25-23(20)26-15)24(30)28-13-5-4-6-16(28)2/h7-12,14,16H,4-6,13H2,1-3H3,(H,25,26,27)/t16-/m0/s1. The summed E-state index contributed by atoms with van der Waals surface area (Å²) in [5, 5.41) is 4.20. The Labute approximate surface area is 176 Å². The molecule has 3 aromatic rings. The van der Waals surface area contributed by atoms with Crippen molar-refractivity contribution in [1.29, 1.82) is 0 Å². The third kappa shape index (κ3) is 3.90. The number of fused-ring (bicyclic) bond motifs is 1. The third-order valence-electron chi connectivity index (χ3n) is 5.72. The number of rotatable bonds is 4. The van der Waals surface area contributed by atoms with Crippen molar-refractivity contribution < 1.29 is 9.59 Å². The van der Waals surface area contributed by atoms with E-state index in [4.69, 9.17) is 0 Å². The maximum absolute atomic E-state index is 13.5. The van der Waals surface area contributed by atoms with Gasteiger partial charge in [0, 0.05) is 41.1 Å². The molecule has 2 aromatic heterocycles. The lowest BCUT2D eigenvalue weighted by atomic mass is 10.0. The summed E-state index contributed by atoms with van der Waals surface area (Å²) in [7, 11) is 0. The van der Waals surface area contributed by atoms with Gasteiger partial charge in [0.1, 0.15) is 0 Å². The number of ketones is 1. The number of hydrogen-bond acceptors (Lipinski definition) is 5. The van der Waals surface area contributed by atoms with E-state index in [1.54, 1.807) is 25.3 Å². The molecule has 1 aromatic carbocycles. The summed E-state index contributed by atoms with van der Waals surface area (Å²) in [6.45, 7) is 6.33. The highest BCUT2D eigenvalue weighted by Crippen LogP contribution is 2.31. The smallest absolute Gasteiger partial charge is 0.257 e. The molecular weight excluding hydrogens is 376 g/mol. The second kappa shape index (κ2) is 8.22. The molecule has 30 heavy (non-hydrogen) atoms. The predicted octanol–water partition coefficient (Wildman–Crippen LogP) is 4.90. The van der Waals surface area contributed by atoms with Crippen LogP contribution in [-0.4, -0.2) is 39.1 Å². The van der Waals surface area contributed by atoms with Crippen LogP contribution >= 0.6 is 0 Å². The van der Waals surface area contributed by atoms with Gasteiger partial charge in [-0.25, -0.2) is 9.97 Å². The average Bonchev–Trinajstić information content (AvgIpc) is 2.74. The van der Waals surface area contributed by atoms with Crippen molar-refractivity contribution in [2.45, 2.75) is 46.1 Å². The Hall–Kier alpha value is -3.28. The van der Waals surface area contributed by atoms with E-state index in [1.165, 1.54) is 0 Å². The molecule has 0 spiro atoms. The van der Waals surface area contributed by atoms with E-state index in [0.717, 1.165) is 42.6 Å². The van der Waals surface area contributed by atoms with Gasteiger partial charge in [-0.2, -0.15) is 0 Å². The molecule has 1 amide bonds. The number of likely N-dealkylation sites (tertiary alicyclic amines) is 1. The van der Waals surface area contributed by atoms with E-state index in [0.29, 0.717) is 22.5 Å². The molecule has 1 aliphatic heterocycles. The van der Waals surface area contributed by atoms with Gasteiger partial charge in [0.05, 0.1) is 11.3 Å². The Morgan fingerprint density at radius 2 is 1.87 bits per heavy atom. The van der Waals surface area contributed by atoms with E-state index in [2.05, 4.69) is 22.2 Å². The fourth-order valence-corrected chi connectivity index (χ4v) is 3.96. The van der Waals surface area contributed by atoms with Crippen LogP contribution in [0.15, 0.2) is 42.6 Å². The first kappa shape index (κ1) is 20.0. The fourth-order valence-electron chi connectivity index (χ4n) is 3.96. The Bertz CT molecular complexity index is 1110. The van der Waals surface area contributed by atoms with Crippen molar-refractivity contribution in [1.82, 2.24) is 14.9 Å². The fraction of sp³-hybridized carbons (Fsp3) is 0.333. The first-order chi connectivity index (χ1) is 14.4. The number of piperidine rings is 1. The molecule has 0 aliphatic carbocycles. The monoisotopic (exact) mass is 402 g/mol. The molecule has 4 rings (SSSR count). The molecule has 0 radical (unpaired) electrons. The average molecular weight is 402 g/mol. The normalized spacial score (nSPS) is 16.5. The van der Waals surface area contributed by atoms with E-state index in [-0.39, 0.29) is 17.7 Å². The van der Waals surface area contributed by atoms with Crippen LogP contribution in [0.4, 0.5) is 11.4 Å². The zero-order valence-corrected chi connectivity index (χ0v) is 17.6. The number of Topliss-reactive ketones (excluding diaryl/α,β-unsaturated/α-hetero) is 1. The van der Waals surface area contributed by atoms with Crippen molar-refractivity contribution in [2.75, 3.05) is 11.9 Å². The number of hydrogen-bond donors (Lipinski definition) is 1. The molecule has 1 fully saturated rings. The summed E-state index contributed by atoms with van der Waals surface area (Å²) < 4.78 is 0. The lowest BCUT2D eigenvalue weighted by molar-refractivity contribution is 0.0636. The van der Waals surface area contributed by atoms with Crippen LogP contribution in [0.5, 0.6) is 0 Å². The third-order valence-corrected chi connectivity index (χ3v) is 5.72. The van der Waals surface area contributed by atoms with E-state index in [9.17, 15) is 9.59 Å². The summed E-state index contributed by atoms with van der Waals surface area (Å²) >= 11 is 0. The van der Waals surface area contributed by atoms with Gasteiger partial charge in [0.15, 0.2) is 11.4 Å². The second-order valence-electron chi connectivity index (χ2n) is 7.97. The number of nitrogens with one attached hydrogen (secondary N) is 1. The maximum Gasteiger partial charge on any atom is 0.257 e.